The van der Waals surface area contributed by atoms with E-state index in [1.165, 1.54) is 18.5 Å². The molecule has 0 unspecified atom stereocenters. The summed E-state index contributed by atoms with van der Waals surface area (Å²) < 4.78 is 26.6. The van der Waals surface area contributed by atoms with Crippen LogP contribution < -0.4 is 4.72 Å². The van der Waals surface area contributed by atoms with E-state index >= 15 is 0 Å². The lowest BCUT2D eigenvalue weighted by atomic mass is 10.2. The number of hydrogen-bond donors (Lipinski definition) is 3. The Kier molecular flexibility index (Phi) is 4.29. The number of anilines is 1. The fourth-order valence-electron chi connectivity index (χ4n) is 1.43. The molecule has 1 aromatic carbocycles. The molecule has 0 saturated heterocycles. The third-order valence-electron chi connectivity index (χ3n) is 2.31. The highest BCUT2D eigenvalue weighted by molar-refractivity contribution is 7.92. The third kappa shape index (κ3) is 3.30. The molecule has 0 fully saturated rings. The first-order valence-electron chi connectivity index (χ1n) is 5.44. The quantitative estimate of drug-likeness (QED) is 0.742. The van der Waals surface area contributed by atoms with Crippen molar-refractivity contribution < 1.29 is 13.5 Å². The van der Waals surface area contributed by atoms with Crippen LogP contribution in [0.15, 0.2) is 35.5 Å². The summed E-state index contributed by atoms with van der Waals surface area (Å²) in [7, 11) is -3.77. The van der Waals surface area contributed by atoms with Crippen molar-refractivity contribution >= 4 is 27.3 Å². The Morgan fingerprint density at radius 3 is 2.90 bits per heavy atom. The molecule has 3 N–H and O–H groups in total. The summed E-state index contributed by atoms with van der Waals surface area (Å²) in [6, 6.07) is 4.59. The van der Waals surface area contributed by atoms with Gasteiger partial charge in [-0.15, -0.1) is 0 Å². The maximum Gasteiger partial charge on any atom is 0.265 e. The monoisotopic (exact) mass is 311 g/mol. The van der Waals surface area contributed by atoms with Crippen molar-refractivity contribution in [1.82, 2.24) is 10.2 Å². The summed E-state index contributed by atoms with van der Waals surface area (Å²) in [5.74, 6) is 5.10. The summed E-state index contributed by atoms with van der Waals surface area (Å²) in [5.41, 5.74) is 0.648. The topological polar surface area (TPSA) is 95.1 Å². The Bertz CT molecular complexity index is 761. The third-order valence-corrected chi connectivity index (χ3v) is 3.88. The van der Waals surface area contributed by atoms with Gasteiger partial charge in [0.25, 0.3) is 10.0 Å². The number of sulfonamides is 1. The first-order valence-corrected chi connectivity index (χ1v) is 7.30. The van der Waals surface area contributed by atoms with Gasteiger partial charge in [-0.25, -0.2) is 8.42 Å². The highest BCUT2D eigenvalue weighted by Crippen LogP contribution is 2.23. The Morgan fingerprint density at radius 1 is 1.45 bits per heavy atom. The molecule has 0 saturated carbocycles. The molecule has 0 aliphatic heterocycles. The molecule has 20 heavy (non-hydrogen) atoms. The van der Waals surface area contributed by atoms with Crippen molar-refractivity contribution in [1.29, 1.82) is 0 Å². The van der Waals surface area contributed by atoms with Gasteiger partial charge in [0.1, 0.15) is 11.5 Å². The highest BCUT2D eigenvalue weighted by Gasteiger charge is 2.16. The highest BCUT2D eigenvalue weighted by atomic mass is 35.5. The Morgan fingerprint density at radius 2 is 2.25 bits per heavy atom. The van der Waals surface area contributed by atoms with Crippen LogP contribution in [0.1, 0.15) is 5.56 Å². The molecule has 1 aromatic heterocycles. The maximum atomic E-state index is 12.1. The van der Waals surface area contributed by atoms with Crippen LogP contribution in [0.25, 0.3) is 0 Å². The van der Waals surface area contributed by atoms with Crippen LogP contribution in [0.4, 0.5) is 5.69 Å². The molecule has 0 radical (unpaired) electrons. The van der Waals surface area contributed by atoms with E-state index in [1.807, 2.05) is 0 Å². The van der Waals surface area contributed by atoms with Gasteiger partial charge in [0, 0.05) is 16.8 Å². The number of hydrogen-bond acceptors (Lipinski definition) is 4. The largest absolute Gasteiger partial charge is 0.384 e. The van der Waals surface area contributed by atoms with E-state index < -0.39 is 10.0 Å². The van der Waals surface area contributed by atoms with E-state index in [0.29, 0.717) is 10.6 Å². The lowest BCUT2D eigenvalue weighted by molar-refractivity contribution is 0.350. The molecule has 0 amide bonds. The molecule has 0 aliphatic rings. The molecular formula is C12H10ClN3O3S. The Hall–Kier alpha value is -2.01. The number of H-pyrrole nitrogens is 1. The van der Waals surface area contributed by atoms with Gasteiger partial charge in [-0.3, -0.25) is 9.82 Å². The summed E-state index contributed by atoms with van der Waals surface area (Å²) in [6.45, 7) is -0.323. The van der Waals surface area contributed by atoms with Crippen molar-refractivity contribution in [3.05, 3.63) is 41.2 Å². The molecule has 8 heteroatoms. The SMILES string of the molecule is O=S(=O)(Nc1cc(Cl)ccc1C#CCO)c1cn[nH]c1. The predicted molar refractivity (Wildman–Crippen MR) is 74.8 cm³/mol. The van der Waals surface area contributed by atoms with Gasteiger partial charge in [0.15, 0.2) is 0 Å². The van der Waals surface area contributed by atoms with Crippen LogP contribution in [0.3, 0.4) is 0 Å². The minimum atomic E-state index is -3.77. The van der Waals surface area contributed by atoms with E-state index in [-0.39, 0.29) is 17.2 Å². The second kappa shape index (κ2) is 5.96. The van der Waals surface area contributed by atoms with Gasteiger partial charge in [-0.05, 0) is 18.2 Å². The number of nitrogens with one attached hydrogen (secondary N) is 2. The van der Waals surface area contributed by atoms with Crippen molar-refractivity contribution in [2.75, 3.05) is 11.3 Å². The molecule has 6 nitrogen and oxygen atoms in total. The van der Waals surface area contributed by atoms with Crippen molar-refractivity contribution in [3.63, 3.8) is 0 Å². The Balaban J connectivity index is 2.40. The van der Waals surface area contributed by atoms with Gasteiger partial charge >= 0.3 is 0 Å². The first kappa shape index (κ1) is 14.4. The fourth-order valence-corrected chi connectivity index (χ4v) is 2.58. The van der Waals surface area contributed by atoms with Crippen LogP contribution in [-0.2, 0) is 10.0 Å². The number of aromatic amines is 1. The zero-order chi connectivity index (χ0) is 14.6. The first-order chi connectivity index (χ1) is 9.53. The lowest BCUT2D eigenvalue weighted by Gasteiger charge is -2.08. The molecule has 1 heterocycles. The zero-order valence-electron chi connectivity index (χ0n) is 10.1. The number of halogens is 1. The summed E-state index contributed by atoms with van der Waals surface area (Å²) >= 11 is 5.85. The van der Waals surface area contributed by atoms with E-state index in [2.05, 4.69) is 26.8 Å². The summed E-state index contributed by atoms with van der Waals surface area (Å²) in [4.78, 5) is -0.00135. The number of aromatic nitrogens is 2. The number of nitrogens with zero attached hydrogens (tertiary/aromatic N) is 1. The molecule has 0 aliphatic carbocycles. The van der Waals surface area contributed by atoms with Gasteiger partial charge in [0.2, 0.25) is 0 Å². The zero-order valence-corrected chi connectivity index (χ0v) is 11.7. The second-order valence-corrected chi connectivity index (χ2v) is 5.81. The predicted octanol–water partition coefficient (Wildman–Crippen LogP) is 1.21. The van der Waals surface area contributed by atoms with Crippen molar-refractivity contribution in [3.8, 4) is 11.8 Å². The van der Waals surface area contributed by atoms with Gasteiger partial charge in [-0.2, -0.15) is 5.10 Å². The molecular weight excluding hydrogens is 302 g/mol. The van der Waals surface area contributed by atoms with Crippen LogP contribution >= 0.6 is 11.6 Å². The van der Waals surface area contributed by atoms with Crippen LogP contribution in [0.5, 0.6) is 0 Å². The van der Waals surface area contributed by atoms with Crippen LogP contribution in [0, 0.1) is 11.8 Å². The van der Waals surface area contributed by atoms with E-state index in [0.717, 1.165) is 0 Å². The Labute approximate surface area is 120 Å². The minimum absolute atomic E-state index is 0.00135. The average molecular weight is 312 g/mol. The van der Waals surface area contributed by atoms with Crippen molar-refractivity contribution in [2.45, 2.75) is 4.90 Å². The van der Waals surface area contributed by atoms with Gasteiger partial charge in [0.05, 0.1) is 11.9 Å². The minimum Gasteiger partial charge on any atom is -0.384 e. The number of benzene rings is 1. The van der Waals surface area contributed by atoms with Crippen LogP contribution in [-0.4, -0.2) is 30.3 Å². The summed E-state index contributed by atoms with van der Waals surface area (Å²) in [6.07, 6.45) is 2.44. The fraction of sp³-hybridized carbons (Fsp3) is 0.0833. The van der Waals surface area contributed by atoms with Gasteiger partial charge < -0.3 is 5.11 Å². The second-order valence-electron chi connectivity index (χ2n) is 3.69. The molecule has 2 rings (SSSR count). The number of aliphatic hydroxyl groups excluding tert-OH is 1. The maximum absolute atomic E-state index is 12.1. The molecule has 0 bridgehead atoms. The van der Waals surface area contributed by atoms with Gasteiger partial charge in [-0.1, -0.05) is 23.4 Å². The average Bonchev–Trinajstić information content (AvgIpc) is 2.92. The number of rotatable bonds is 3. The van der Waals surface area contributed by atoms with E-state index in [1.54, 1.807) is 12.1 Å². The molecule has 2 aromatic rings. The van der Waals surface area contributed by atoms with E-state index in [4.69, 9.17) is 16.7 Å². The molecule has 0 spiro atoms. The number of aliphatic hydroxyl groups is 1. The van der Waals surface area contributed by atoms with Crippen molar-refractivity contribution in [2.24, 2.45) is 0 Å². The molecule has 104 valence electrons. The van der Waals surface area contributed by atoms with Crippen LogP contribution in [0.2, 0.25) is 5.02 Å². The lowest BCUT2D eigenvalue weighted by Crippen LogP contribution is -2.13. The van der Waals surface area contributed by atoms with E-state index in [9.17, 15) is 8.42 Å². The smallest absolute Gasteiger partial charge is 0.265 e. The normalized spacial score (nSPS) is 10.7. The summed E-state index contributed by atoms with van der Waals surface area (Å²) in [5, 5.41) is 15.1. The standard InChI is InChI=1S/C12H10ClN3O3S/c13-10-4-3-9(2-1-5-17)12(6-10)16-20(18,19)11-7-14-15-8-11/h3-4,6-8,16-17H,5H2,(H,14,15). The molecule has 0 atom stereocenters.